The molecule has 0 aliphatic rings. The fourth-order valence-electron chi connectivity index (χ4n) is 2.22. The van der Waals surface area contributed by atoms with Gasteiger partial charge >= 0.3 is 5.97 Å². The van der Waals surface area contributed by atoms with Crippen molar-refractivity contribution < 1.29 is 23.8 Å². The van der Waals surface area contributed by atoms with E-state index in [1.54, 1.807) is 37.3 Å². The third-order valence-corrected chi connectivity index (χ3v) is 3.39. The fraction of sp³-hybridized carbons (Fsp3) is 0.300. The maximum atomic E-state index is 12.1. The summed E-state index contributed by atoms with van der Waals surface area (Å²) in [6.45, 7) is 4.55. The van der Waals surface area contributed by atoms with Gasteiger partial charge in [0.2, 0.25) is 5.91 Å². The van der Waals surface area contributed by atoms with E-state index in [-0.39, 0.29) is 24.7 Å². The lowest BCUT2D eigenvalue weighted by Gasteiger charge is -2.12. The number of benzene rings is 2. The van der Waals surface area contributed by atoms with E-state index in [9.17, 15) is 9.59 Å². The van der Waals surface area contributed by atoms with Gasteiger partial charge in [-0.15, -0.1) is 0 Å². The van der Waals surface area contributed by atoms with Crippen LogP contribution in [-0.4, -0.2) is 25.1 Å². The van der Waals surface area contributed by atoms with Gasteiger partial charge < -0.3 is 19.5 Å². The molecule has 0 saturated carbocycles. The van der Waals surface area contributed by atoms with Gasteiger partial charge in [-0.3, -0.25) is 9.59 Å². The van der Waals surface area contributed by atoms with Crippen LogP contribution in [0.3, 0.4) is 0 Å². The molecular weight excluding hydrogens is 334 g/mol. The summed E-state index contributed by atoms with van der Waals surface area (Å²) in [5, 5.41) is 2.76. The standard InChI is InChI=1S/C20H23NO5/c1-3-24-15-9-11-16(12-10-15)26-18-8-6-5-7-17(18)21-19(22)13-14-20(23)25-4-2/h5-12H,3-4,13-14H2,1-2H3,(H,21,22). The molecule has 138 valence electrons. The molecule has 26 heavy (non-hydrogen) atoms. The summed E-state index contributed by atoms with van der Waals surface area (Å²) in [7, 11) is 0. The van der Waals surface area contributed by atoms with E-state index in [1.165, 1.54) is 0 Å². The Bertz CT molecular complexity index is 727. The van der Waals surface area contributed by atoms with Crippen LogP contribution >= 0.6 is 0 Å². The van der Waals surface area contributed by atoms with Gasteiger partial charge in [-0.1, -0.05) is 12.1 Å². The SMILES string of the molecule is CCOC(=O)CCC(=O)Nc1ccccc1Oc1ccc(OCC)cc1. The number of rotatable bonds is 9. The first-order valence-electron chi connectivity index (χ1n) is 8.57. The third-order valence-electron chi connectivity index (χ3n) is 3.39. The number of hydrogen-bond donors (Lipinski definition) is 1. The van der Waals surface area contributed by atoms with Gasteiger partial charge in [0.05, 0.1) is 25.3 Å². The summed E-state index contributed by atoms with van der Waals surface area (Å²) in [6.07, 6.45) is 0.0950. The maximum Gasteiger partial charge on any atom is 0.306 e. The number of anilines is 1. The van der Waals surface area contributed by atoms with Crippen LogP contribution in [0.15, 0.2) is 48.5 Å². The van der Waals surface area contributed by atoms with Gasteiger partial charge in [-0.2, -0.15) is 0 Å². The Balaban J connectivity index is 1.98. The summed E-state index contributed by atoms with van der Waals surface area (Å²) in [4.78, 5) is 23.4. The van der Waals surface area contributed by atoms with Crippen LogP contribution in [0, 0.1) is 0 Å². The number of carbonyl (C=O) groups excluding carboxylic acids is 2. The molecule has 1 N–H and O–H groups in total. The van der Waals surface area contributed by atoms with Crippen LogP contribution in [-0.2, 0) is 14.3 Å². The monoisotopic (exact) mass is 357 g/mol. The highest BCUT2D eigenvalue weighted by Gasteiger charge is 2.11. The van der Waals surface area contributed by atoms with Crippen molar-refractivity contribution in [3.63, 3.8) is 0 Å². The van der Waals surface area contributed by atoms with Crippen molar-refractivity contribution in [1.29, 1.82) is 0 Å². The minimum atomic E-state index is -0.387. The quantitative estimate of drug-likeness (QED) is 0.682. The average Bonchev–Trinajstić information content (AvgIpc) is 2.64. The molecule has 0 unspecified atom stereocenters. The average molecular weight is 357 g/mol. The Labute approximate surface area is 153 Å². The van der Waals surface area contributed by atoms with Gasteiger partial charge in [-0.05, 0) is 50.2 Å². The summed E-state index contributed by atoms with van der Waals surface area (Å²) in [5.74, 6) is 1.24. The third kappa shape index (κ3) is 6.12. The van der Waals surface area contributed by atoms with E-state index in [2.05, 4.69) is 5.32 Å². The van der Waals surface area contributed by atoms with E-state index >= 15 is 0 Å². The van der Waals surface area contributed by atoms with Gasteiger partial charge in [0.25, 0.3) is 0 Å². The van der Waals surface area contributed by atoms with Crippen LogP contribution in [0.5, 0.6) is 17.2 Å². The number of amides is 1. The van der Waals surface area contributed by atoms with Gasteiger partial charge in [0, 0.05) is 6.42 Å². The second-order valence-corrected chi connectivity index (χ2v) is 5.36. The van der Waals surface area contributed by atoms with Crippen LogP contribution in [0.1, 0.15) is 26.7 Å². The predicted molar refractivity (Wildman–Crippen MR) is 98.6 cm³/mol. The zero-order valence-electron chi connectivity index (χ0n) is 15.0. The molecule has 0 bridgehead atoms. The number of para-hydroxylation sites is 2. The molecular formula is C20H23NO5. The highest BCUT2D eigenvalue weighted by atomic mass is 16.5. The molecule has 0 spiro atoms. The van der Waals surface area contributed by atoms with Crippen molar-refractivity contribution in [1.82, 2.24) is 0 Å². The molecule has 0 radical (unpaired) electrons. The normalized spacial score (nSPS) is 10.1. The zero-order chi connectivity index (χ0) is 18.8. The molecule has 2 aromatic rings. The van der Waals surface area contributed by atoms with Crippen molar-refractivity contribution in [2.24, 2.45) is 0 Å². The second-order valence-electron chi connectivity index (χ2n) is 5.36. The Hall–Kier alpha value is -3.02. The lowest BCUT2D eigenvalue weighted by atomic mass is 10.2. The lowest BCUT2D eigenvalue weighted by Crippen LogP contribution is -2.15. The first-order valence-corrected chi connectivity index (χ1v) is 8.57. The Morgan fingerprint density at radius 1 is 0.885 bits per heavy atom. The molecule has 2 aromatic carbocycles. The molecule has 0 fully saturated rings. The Morgan fingerprint density at radius 3 is 2.27 bits per heavy atom. The minimum absolute atomic E-state index is 0.0432. The van der Waals surface area contributed by atoms with Crippen molar-refractivity contribution >= 4 is 17.6 Å². The lowest BCUT2D eigenvalue weighted by molar-refractivity contribution is -0.144. The minimum Gasteiger partial charge on any atom is -0.494 e. The smallest absolute Gasteiger partial charge is 0.306 e. The molecule has 1 amide bonds. The van der Waals surface area contributed by atoms with E-state index in [1.807, 2.05) is 25.1 Å². The molecule has 0 aliphatic carbocycles. The number of carbonyl (C=O) groups is 2. The fourth-order valence-corrected chi connectivity index (χ4v) is 2.22. The second kappa shape index (κ2) is 10.1. The van der Waals surface area contributed by atoms with Crippen LogP contribution in [0.25, 0.3) is 0 Å². The molecule has 0 saturated heterocycles. The largest absolute Gasteiger partial charge is 0.494 e. The summed E-state index contributed by atoms with van der Waals surface area (Å²) in [6, 6.07) is 14.3. The molecule has 6 nitrogen and oxygen atoms in total. The van der Waals surface area contributed by atoms with Crippen molar-refractivity contribution in [3.05, 3.63) is 48.5 Å². The predicted octanol–water partition coefficient (Wildman–Crippen LogP) is 4.16. The van der Waals surface area contributed by atoms with Crippen molar-refractivity contribution in [2.45, 2.75) is 26.7 Å². The molecule has 2 rings (SSSR count). The first-order chi connectivity index (χ1) is 12.6. The maximum absolute atomic E-state index is 12.1. The molecule has 0 atom stereocenters. The number of hydrogen-bond acceptors (Lipinski definition) is 5. The van der Waals surface area contributed by atoms with Gasteiger partial charge in [-0.25, -0.2) is 0 Å². The molecule has 0 aromatic heterocycles. The van der Waals surface area contributed by atoms with Gasteiger partial charge in [0.15, 0.2) is 5.75 Å². The van der Waals surface area contributed by atoms with E-state index in [4.69, 9.17) is 14.2 Å². The highest BCUT2D eigenvalue weighted by molar-refractivity contribution is 5.93. The van der Waals surface area contributed by atoms with Crippen LogP contribution in [0.2, 0.25) is 0 Å². The molecule has 6 heteroatoms. The summed E-state index contributed by atoms with van der Waals surface area (Å²) >= 11 is 0. The van der Waals surface area contributed by atoms with E-state index in [0.29, 0.717) is 30.4 Å². The topological polar surface area (TPSA) is 73.9 Å². The highest BCUT2D eigenvalue weighted by Crippen LogP contribution is 2.30. The Kier molecular flexibility index (Phi) is 7.49. The summed E-state index contributed by atoms with van der Waals surface area (Å²) in [5.41, 5.74) is 0.537. The Morgan fingerprint density at radius 2 is 1.58 bits per heavy atom. The number of nitrogens with one attached hydrogen (secondary N) is 1. The van der Waals surface area contributed by atoms with E-state index in [0.717, 1.165) is 5.75 Å². The first kappa shape index (κ1) is 19.3. The molecule has 0 aliphatic heterocycles. The van der Waals surface area contributed by atoms with Crippen LogP contribution < -0.4 is 14.8 Å². The summed E-state index contributed by atoms with van der Waals surface area (Å²) < 4.78 is 16.1. The van der Waals surface area contributed by atoms with Crippen molar-refractivity contribution in [3.8, 4) is 17.2 Å². The number of esters is 1. The van der Waals surface area contributed by atoms with Crippen LogP contribution in [0.4, 0.5) is 5.69 Å². The number of ether oxygens (including phenoxy) is 3. The molecule has 0 heterocycles. The van der Waals surface area contributed by atoms with E-state index < -0.39 is 0 Å². The van der Waals surface area contributed by atoms with Crippen molar-refractivity contribution in [2.75, 3.05) is 18.5 Å². The zero-order valence-corrected chi connectivity index (χ0v) is 15.0. The van der Waals surface area contributed by atoms with Gasteiger partial charge in [0.1, 0.15) is 11.5 Å².